The fraction of sp³-hybridized carbons (Fsp3) is 0.350. The van der Waals surface area contributed by atoms with E-state index >= 15 is 0 Å². The van der Waals surface area contributed by atoms with Crippen LogP contribution in [0.2, 0.25) is 0 Å². The fourth-order valence-electron chi connectivity index (χ4n) is 3.13. The van der Waals surface area contributed by atoms with Gasteiger partial charge in [0.25, 0.3) is 0 Å². The van der Waals surface area contributed by atoms with Gasteiger partial charge in [0.15, 0.2) is 11.0 Å². The quantitative estimate of drug-likeness (QED) is 0.643. The maximum absolute atomic E-state index is 6.19. The second-order valence-corrected chi connectivity index (χ2v) is 7.93. The highest BCUT2D eigenvalue weighted by atomic mass is 32.2. The molecule has 1 aromatic carbocycles. The Morgan fingerprint density at radius 1 is 1.14 bits per heavy atom. The van der Waals surface area contributed by atoms with E-state index in [0.29, 0.717) is 0 Å². The molecule has 0 saturated carbocycles. The number of anilines is 1. The Morgan fingerprint density at radius 2 is 1.89 bits per heavy atom. The average Bonchev–Trinajstić information content (AvgIpc) is 3.34. The number of hydrogen-bond acceptors (Lipinski definition) is 7. The molecule has 0 amide bonds. The summed E-state index contributed by atoms with van der Waals surface area (Å²) in [6.45, 7) is 0.822. The van der Waals surface area contributed by atoms with Crippen LogP contribution in [-0.2, 0) is 11.8 Å². The van der Waals surface area contributed by atoms with E-state index in [9.17, 15) is 0 Å². The molecule has 8 heteroatoms. The molecule has 4 rings (SSSR count). The van der Waals surface area contributed by atoms with Crippen LogP contribution in [0.4, 0.5) is 5.69 Å². The highest BCUT2D eigenvalue weighted by molar-refractivity contribution is 7.99. The number of benzene rings is 1. The van der Waals surface area contributed by atoms with Crippen molar-refractivity contribution in [3.8, 4) is 11.4 Å². The second-order valence-electron chi connectivity index (χ2n) is 6.94. The lowest BCUT2D eigenvalue weighted by atomic mass is 10.2. The van der Waals surface area contributed by atoms with Gasteiger partial charge < -0.3 is 14.2 Å². The van der Waals surface area contributed by atoms with Crippen LogP contribution in [0.3, 0.4) is 0 Å². The number of aromatic nitrogens is 4. The first-order valence-electron chi connectivity index (χ1n) is 9.20. The third-order valence-electron chi connectivity index (χ3n) is 4.74. The van der Waals surface area contributed by atoms with Crippen LogP contribution in [0.1, 0.15) is 11.8 Å². The lowest BCUT2D eigenvalue weighted by molar-refractivity contribution is 0.0534. The van der Waals surface area contributed by atoms with Crippen molar-refractivity contribution in [1.82, 2.24) is 25.1 Å². The number of nitrogens with zero attached hydrogens (tertiary/aromatic N) is 5. The van der Waals surface area contributed by atoms with E-state index in [0.717, 1.165) is 34.4 Å². The molecule has 0 aliphatic carbocycles. The summed E-state index contributed by atoms with van der Waals surface area (Å²) in [4.78, 5) is 6.14. The summed E-state index contributed by atoms with van der Waals surface area (Å²) in [5.41, 5.74) is 3.34. The SMILES string of the molecule is CN(C)c1ccc([C@@H]2NC[C@@H](CSc3nnc(-c4ccncc4)n3C)O2)cc1. The van der Waals surface area contributed by atoms with Crippen molar-refractivity contribution < 1.29 is 4.74 Å². The minimum absolute atomic E-state index is 0.0614. The molecule has 2 aromatic heterocycles. The highest BCUT2D eigenvalue weighted by Crippen LogP contribution is 2.28. The number of pyridine rings is 1. The largest absolute Gasteiger partial charge is 0.378 e. The molecule has 0 spiro atoms. The second kappa shape index (κ2) is 8.30. The van der Waals surface area contributed by atoms with Crippen LogP contribution in [0, 0.1) is 0 Å². The van der Waals surface area contributed by atoms with Crippen molar-refractivity contribution in [2.45, 2.75) is 17.5 Å². The Labute approximate surface area is 169 Å². The fourth-order valence-corrected chi connectivity index (χ4v) is 4.04. The van der Waals surface area contributed by atoms with Crippen LogP contribution >= 0.6 is 11.8 Å². The van der Waals surface area contributed by atoms with Crippen molar-refractivity contribution in [1.29, 1.82) is 0 Å². The zero-order chi connectivity index (χ0) is 19.5. The highest BCUT2D eigenvalue weighted by Gasteiger charge is 2.26. The average molecular weight is 397 g/mol. The molecule has 0 radical (unpaired) electrons. The van der Waals surface area contributed by atoms with Crippen LogP contribution in [0.15, 0.2) is 53.9 Å². The van der Waals surface area contributed by atoms with Gasteiger partial charge in [-0.25, -0.2) is 0 Å². The third kappa shape index (κ3) is 4.04. The molecule has 1 N–H and O–H groups in total. The van der Waals surface area contributed by atoms with Gasteiger partial charge in [-0.3, -0.25) is 10.3 Å². The Hall–Kier alpha value is -2.42. The Kier molecular flexibility index (Phi) is 5.61. The summed E-state index contributed by atoms with van der Waals surface area (Å²) in [5, 5.41) is 13.0. The molecule has 3 heterocycles. The number of ether oxygens (including phenoxy) is 1. The predicted molar refractivity (Wildman–Crippen MR) is 111 cm³/mol. The first-order chi connectivity index (χ1) is 13.6. The van der Waals surface area contributed by atoms with Gasteiger partial charge in [-0.1, -0.05) is 23.9 Å². The van der Waals surface area contributed by atoms with Gasteiger partial charge in [-0.15, -0.1) is 10.2 Å². The zero-order valence-electron chi connectivity index (χ0n) is 16.2. The van der Waals surface area contributed by atoms with E-state index in [2.05, 4.69) is 49.7 Å². The van der Waals surface area contributed by atoms with Crippen molar-refractivity contribution in [3.05, 3.63) is 54.4 Å². The van der Waals surface area contributed by atoms with Gasteiger partial charge in [-0.2, -0.15) is 0 Å². The smallest absolute Gasteiger partial charge is 0.191 e. The summed E-state index contributed by atoms with van der Waals surface area (Å²) in [6.07, 6.45) is 3.60. The lowest BCUT2D eigenvalue weighted by Gasteiger charge is -2.16. The topological polar surface area (TPSA) is 68.1 Å². The zero-order valence-corrected chi connectivity index (χ0v) is 17.1. The Balaban J connectivity index is 1.35. The molecule has 28 heavy (non-hydrogen) atoms. The van der Waals surface area contributed by atoms with Gasteiger partial charge in [0.05, 0.1) is 6.10 Å². The standard InChI is InChI=1S/C20H24N6OS/c1-25(2)16-6-4-15(5-7-16)19-22-12-17(27-19)13-28-20-24-23-18(26(20)3)14-8-10-21-11-9-14/h4-11,17,19,22H,12-13H2,1-3H3/t17-,19+/m0/s1. The third-order valence-corrected chi connectivity index (χ3v) is 5.90. The molecular weight excluding hydrogens is 372 g/mol. The van der Waals surface area contributed by atoms with Crippen LogP contribution in [-0.4, -0.2) is 52.2 Å². The molecular formula is C20H24N6OS. The molecule has 0 unspecified atom stereocenters. The minimum atomic E-state index is -0.0614. The molecule has 1 aliphatic heterocycles. The summed E-state index contributed by atoms with van der Waals surface area (Å²) in [7, 11) is 6.07. The van der Waals surface area contributed by atoms with E-state index < -0.39 is 0 Å². The maximum Gasteiger partial charge on any atom is 0.191 e. The van der Waals surface area contributed by atoms with E-state index in [1.54, 1.807) is 24.2 Å². The molecule has 0 bridgehead atoms. The van der Waals surface area contributed by atoms with Gasteiger partial charge in [0.1, 0.15) is 6.23 Å². The summed E-state index contributed by atoms with van der Waals surface area (Å²) >= 11 is 1.67. The number of nitrogens with one attached hydrogen (secondary N) is 1. The summed E-state index contributed by atoms with van der Waals surface area (Å²) < 4.78 is 8.20. The van der Waals surface area contributed by atoms with Crippen molar-refractivity contribution in [2.24, 2.45) is 7.05 Å². The Morgan fingerprint density at radius 3 is 2.61 bits per heavy atom. The normalized spacial score (nSPS) is 19.1. The van der Waals surface area contributed by atoms with Crippen molar-refractivity contribution in [2.75, 3.05) is 31.3 Å². The monoisotopic (exact) mass is 396 g/mol. The van der Waals surface area contributed by atoms with E-state index in [1.165, 1.54) is 5.69 Å². The summed E-state index contributed by atoms with van der Waals surface area (Å²) in [6, 6.07) is 12.3. The number of hydrogen-bond donors (Lipinski definition) is 1. The van der Waals surface area contributed by atoms with E-state index in [-0.39, 0.29) is 12.3 Å². The van der Waals surface area contributed by atoms with Crippen LogP contribution in [0.25, 0.3) is 11.4 Å². The molecule has 1 aliphatic rings. The van der Waals surface area contributed by atoms with Crippen molar-refractivity contribution in [3.63, 3.8) is 0 Å². The Bertz CT molecular complexity index is 912. The molecule has 1 fully saturated rings. The molecule has 7 nitrogen and oxygen atoms in total. The minimum Gasteiger partial charge on any atom is -0.378 e. The molecule has 146 valence electrons. The van der Waals surface area contributed by atoms with Gasteiger partial charge in [-0.05, 0) is 29.8 Å². The molecule has 1 saturated heterocycles. The maximum atomic E-state index is 6.19. The predicted octanol–water partition coefficient (Wildman–Crippen LogP) is 2.72. The van der Waals surface area contributed by atoms with Crippen LogP contribution in [0.5, 0.6) is 0 Å². The number of rotatable bonds is 6. The van der Waals surface area contributed by atoms with Gasteiger partial charge in [0, 0.05) is 57.1 Å². The van der Waals surface area contributed by atoms with Crippen LogP contribution < -0.4 is 10.2 Å². The molecule has 2 atom stereocenters. The van der Waals surface area contributed by atoms with E-state index in [4.69, 9.17) is 4.74 Å². The first-order valence-corrected chi connectivity index (χ1v) is 10.2. The number of thioether (sulfide) groups is 1. The summed E-state index contributed by atoms with van der Waals surface area (Å²) in [5.74, 6) is 1.66. The van der Waals surface area contributed by atoms with Crippen molar-refractivity contribution >= 4 is 17.4 Å². The first kappa shape index (κ1) is 18.9. The molecule has 3 aromatic rings. The lowest BCUT2D eigenvalue weighted by Crippen LogP contribution is -2.17. The van der Waals surface area contributed by atoms with E-state index in [1.807, 2.05) is 37.8 Å². The van der Waals surface area contributed by atoms with Gasteiger partial charge in [0.2, 0.25) is 0 Å². The van der Waals surface area contributed by atoms with Gasteiger partial charge >= 0.3 is 0 Å².